The van der Waals surface area contributed by atoms with Crippen LogP contribution in [0.4, 0.5) is 5.82 Å². The minimum Gasteiger partial charge on any atom is -0.443 e. The van der Waals surface area contributed by atoms with Crippen molar-refractivity contribution in [1.82, 2.24) is 14.9 Å². The number of likely N-dealkylation sites (tertiary alicyclic amines) is 1. The van der Waals surface area contributed by atoms with Gasteiger partial charge >= 0.3 is 0 Å². The molecular weight excluding hydrogens is 358 g/mol. The zero-order valence-corrected chi connectivity index (χ0v) is 16.5. The maximum atomic E-state index is 13.1. The minimum absolute atomic E-state index is 0.0582. The summed E-state index contributed by atoms with van der Waals surface area (Å²) in [5, 5.41) is 0.940. The lowest BCUT2D eigenvalue weighted by Gasteiger charge is -2.37. The molecule has 28 heavy (non-hydrogen) atoms. The topological polar surface area (TPSA) is 106 Å². The zero-order valence-electron chi connectivity index (χ0n) is 16.5. The van der Waals surface area contributed by atoms with E-state index in [-0.39, 0.29) is 23.7 Å². The SMILES string of the molecule is Cc1oc2ncnc(N3CCC[C@H](C(=O)N4CCC(C(N)=O)CC4)C3)c2c1C. The number of rotatable bonds is 3. The van der Waals surface area contributed by atoms with E-state index in [0.29, 0.717) is 38.2 Å². The van der Waals surface area contributed by atoms with Crippen LogP contribution in [0.15, 0.2) is 10.7 Å². The fraction of sp³-hybridized carbons (Fsp3) is 0.600. The zero-order chi connectivity index (χ0) is 19.8. The van der Waals surface area contributed by atoms with Crippen LogP contribution in [0.3, 0.4) is 0 Å². The van der Waals surface area contributed by atoms with Crippen LogP contribution in [-0.4, -0.2) is 52.9 Å². The minimum atomic E-state index is -0.255. The first kappa shape index (κ1) is 18.7. The second kappa shape index (κ2) is 7.41. The molecule has 2 fully saturated rings. The van der Waals surface area contributed by atoms with E-state index < -0.39 is 0 Å². The third kappa shape index (κ3) is 3.31. The molecule has 0 radical (unpaired) electrons. The number of aryl methyl sites for hydroxylation is 2. The molecule has 0 unspecified atom stereocenters. The Labute approximate surface area is 164 Å². The lowest BCUT2D eigenvalue weighted by molar-refractivity contribution is -0.138. The summed E-state index contributed by atoms with van der Waals surface area (Å²) in [7, 11) is 0. The summed E-state index contributed by atoms with van der Waals surface area (Å²) in [5.41, 5.74) is 7.05. The number of hydrogen-bond donors (Lipinski definition) is 1. The van der Waals surface area contributed by atoms with E-state index >= 15 is 0 Å². The molecule has 2 aromatic heterocycles. The molecule has 0 saturated carbocycles. The van der Waals surface area contributed by atoms with Crippen molar-refractivity contribution in [3.63, 3.8) is 0 Å². The fourth-order valence-electron chi connectivity index (χ4n) is 4.42. The fourth-order valence-corrected chi connectivity index (χ4v) is 4.42. The van der Waals surface area contributed by atoms with Gasteiger partial charge in [-0.2, -0.15) is 0 Å². The number of carbonyl (C=O) groups excluding carboxylic acids is 2. The summed E-state index contributed by atoms with van der Waals surface area (Å²) in [5.74, 6) is 1.46. The van der Waals surface area contributed by atoms with Gasteiger partial charge in [-0.1, -0.05) is 0 Å². The molecule has 0 aliphatic carbocycles. The van der Waals surface area contributed by atoms with Crippen molar-refractivity contribution in [3.05, 3.63) is 17.7 Å². The normalized spacial score (nSPS) is 21.3. The molecule has 0 bridgehead atoms. The first-order chi connectivity index (χ1) is 13.5. The quantitative estimate of drug-likeness (QED) is 0.863. The van der Waals surface area contributed by atoms with Crippen LogP contribution in [0.25, 0.3) is 11.1 Å². The maximum absolute atomic E-state index is 13.1. The third-order valence-corrected chi connectivity index (χ3v) is 6.22. The molecule has 0 spiro atoms. The third-order valence-electron chi connectivity index (χ3n) is 6.22. The van der Waals surface area contributed by atoms with E-state index in [1.54, 1.807) is 0 Å². The summed E-state index contributed by atoms with van der Waals surface area (Å²) < 4.78 is 5.74. The molecule has 4 rings (SSSR count). The first-order valence-electron chi connectivity index (χ1n) is 9.99. The summed E-state index contributed by atoms with van der Waals surface area (Å²) in [6.45, 7) is 6.68. The second-order valence-corrected chi connectivity index (χ2v) is 7.95. The number of fused-ring (bicyclic) bond motifs is 1. The molecule has 8 nitrogen and oxygen atoms in total. The van der Waals surface area contributed by atoms with E-state index in [1.807, 2.05) is 18.7 Å². The van der Waals surface area contributed by atoms with E-state index in [4.69, 9.17) is 10.2 Å². The number of anilines is 1. The van der Waals surface area contributed by atoms with Crippen LogP contribution in [0.1, 0.15) is 37.0 Å². The van der Waals surface area contributed by atoms with Crippen molar-refractivity contribution < 1.29 is 14.0 Å². The lowest BCUT2D eigenvalue weighted by Crippen LogP contribution is -2.48. The predicted molar refractivity (Wildman–Crippen MR) is 105 cm³/mol. The van der Waals surface area contributed by atoms with Crippen molar-refractivity contribution in [1.29, 1.82) is 0 Å². The molecule has 0 aromatic carbocycles. The smallest absolute Gasteiger partial charge is 0.231 e. The molecule has 2 aromatic rings. The van der Waals surface area contributed by atoms with Crippen LogP contribution < -0.4 is 10.6 Å². The molecule has 150 valence electrons. The van der Waals surface area contributed by atoms with E-state index in [2.05, 4.69) is 14.9 Å². The highest BCUT2D eigenvalue weighted by Crippen LogP contribution is 2.33. The van der Waals surface area contributed by atoms with Gasteiger partial charge in [0.05, 0.1) is 11.3 Å². The number of aromatic nitrogens is 2. The predicted octanol–water partition coefficient (Wildman–Crippen LogP) is 1.78. The van der Waals surface area contributed by atoms with Gasteiger partial charge in [-0.3, -0.25) is 9.59 Å². The molecule has 2 aliphatic rings. The van der Waals surface area contributed by atoms with Crippen molar-refractivity contribution in [3.8, 4) is 0 Å². The number of primary amides is 1. The van der Waals surface area contributed by atoms with Crippen LogP contribution in [0.2, 0.25) is 0 Å². The molecule has 2 saturated heterocycles. The maximum Gasteiger partial charge on any atom is 0.231 e. The largest absolute Gasteiger partial charge is 0.443 e. The standard InChI is InChI=1S/C20H27N5O3/c1-12-13(2)28-19-16(12)18(22-11-23-19)25-7-3-4-15(10-25)20(27)24-8-5-14(6-9-24)17(21)26/h11,14-15H,3-10H2,1-2H3,(H2,21,26)/t15-/m0/s1. The van der Waals surface area contributed by atoms with E-state index in [0.717, 1.165) is 41.9 Å². The Bertz CT molecular complexity index is 901. The lowest BCUT2D eigenvalue weighted by atomic mass is 9.92. The van der Waals surface area contributed by atoms with Gasteiger partial charge in [0.25, 0.3) is 0 Å². The first-order valence-corrected chi connectivity index (χ1v) is 9.99. The van der Waals surface area contributed by atoms with E-state index in [1.165, 1.54) is 6.33 Å². The number of nitrogens with two attached hydrogens (primary N) is 1. The van der Waals surface area contributed by atoms with Gasteiger partial charge in [0.15, 0.2) is 0 Å². The van der Waals surface area contributed by atoms with Crippen molar-refractivity contribution >= 4 is 28.7 Å². The Hall–Kier alpha value is -2.64. The second-order valence-electron chi connectivity index (χ2n) is 7.95. The monoisotopic (exact) mass is 385 g/mol. The van der Waals surface area contributed by atoms with Crippen LogP contribution >= 0.6 is 0 Å². The molecule has 4 heterocycles. The molecule has 2 amide bonds. The Morgan fingerprint density at radius 2 is 1.86 bits per heavy atom. The number of nitrogens with zero attached hydrogens (tertiary/aromatic N) is 4. The van der Waals surface area contributed by atoms with Gasteiger partial charge < -0.3 is 20.0 Å². The van der Waals surface area contributed by atoms with Crippen LogP contribution in [-0.2, 0) is 9.59 Å². The Morgan fingerprint density at radius 3 is 2.57 bits per heavy atom. The van der Waals surface area contributed by atoms with Crippen LogP contribution in [0, 0.1) is 25.7 Å². The van der Waals surface area contributed by atoms with Gasteiger partial charge in [-0.05, 0) is 39.5 Å². The average Bonchev–Trinajstić information content (AvgIpc) is 3.01. The Balaban J connectivity index is 1.50. The van der Waals surface area contributed by atoms with Gasteiger partial charge in [0, 0.05) is 37.7 Å². The van der Waals surface area contributed by atoms with Crippen molar-refractivity contribution in [2.45, 2.75) is 39.5 Å². The van der Waals surface area contributed by atoms with Gasteiger partial charge in [0.1, 0.15) is 17.9 Å². The highest BCUT2D eigenvalue weighted by molar-refractivity contribution is 5.90. The van der Waals surface area contributed by atoms with Crippen molar-refractivity contribution in [2.24, 2.45) is 17.6 Å². The number of amides is 2. The number of furan rings is 1. The average molecular weight is 385 g/mol. The summed E-state index contributed by atoms with van der Waals surface area (Å²) in [4.78, 5) is 37.3. The highest BCUT2D eigenvalue weighted by Gasteiger charge is 2.33. The molecule has 8 heteroatoms. The van der Waals surface area contributed by atoms with Crippen molar-refractivity contribution in [2.75, 3.05) is 31.1 Å². The molecule has 2 aliphatic heterocycles. The number of piperidine rings is 2. The van der Waals surface area contributed by atoms with Gasteiger partial charge in [0.2, 0.25) is 17.5 Å². The van der Waals surface area contributed by atoms with Gasteiger partial charge in [-0.25, -0.2) is 9.97 Å². The Kier molecular flexibility index (Phi) is 4.95. The highest BCUT2D eigenvalue weighted by atomic mass is 16.3. The van der Waals surface area contributed by atoms with Gasteiger partial charge in [-0.15, -0.1) is 0 Å². The summed E-state index contributed by atoms with van der Waals surface area (Å²) in [6, 6.07) is 0. The molecule has 2 N–H and O–H groups in total. The summed E-state index contributed by atoms with van der Waals surface area (Å²) in [6.07, 6.45) is 4.67. The summed E-state index contributed by atoms with van der Waals surface area (Å²) >= 11 is 0. The Morgan fingerprint density at radius 1 is 1.11 bits per heavy atom. The van der Waals surface area contributed by atoms with E-state index in [9.17, 15) is 9.59 Å². The number of carbonyl (C=O) groups is 2. The number of hydrogen-bond acceptors (Lipinski definition) is 6. The van der Waals surface area contributed by atoms with Crippen LogP contribution in [0.5, 0.6) is 0 Å². The molecular formula is C20H27N5O3. The molecule has 1 atom stereocenters.